The van der Waals surface area contributed by atoms with Crippen molar-refractivity contribution in [2.75, 3.05) is 32.7 Å². The molecule has 0 unspecified atom stereocenters. The van der Waals surface area contributed by atoms with Gasteiger partial charge in [-0.3, -0.25) is 14.5 Å². The van der Waals surface area contributed by atoms with Crippen molar-refractivity contribution in [2.24, 2.45) is 23.7 Å². The average Bonchev–Trinajstić information content (AvgIpc) is 2.90. The van der Waals surface area contributed by atoms with Crippen molar-refractivity contribution in [1.82, 2.24) is 9.80 Å². The van der Waals surface area contributed by atoms with Gasteiger partial charge in [0.1, 0.15) is 0 Å². The topological polar surface area (TPSA) is 60.9 Å². The molecule has 0 aromatic heterocycles. The molecule has 26 heavy (non-hydrogen) atoms. The van der Waals surface area contributed by atoms with E-state index in [4.69, 9.17) is 5.11 Å². The Morgan fingerprint density at radius 1 is 1.08 bits per heavy atom. The first-order valence-electron chi connectivity index (χ1n) is 9.21. The molecule has 1 N–H and O–H groups in total. The van der Waals surface area contributed by atoms with Crippen molar-refractivity contribution < 1.29 is 27.9 Å². The van der Waals surface area contributed by atoms with Crippen molar-refractivity contribution in [3.8, 4) is 0 Å². The highest BCUT2D eigenvalue weighted by Gasteiger charge is 2.52. The predicted molar refractivity (Wildman–Crippen MR) is 92.6 cm³/mol. The first-order chi connectivity index (χ1) is 11.9. The van der Waals surface area contributed by atoms with E-state index in [-0.39, 0.29) is 19.0 Å². The van der Waals surface area contributed by atoms with Gasteiger partial charge in [0.15, 0.2) is 0 Å². The van der Waals surface area contributed by atoms with Gasteiger partial charge in [-0.05, 0) is 24.7 Å². The Balaban J connectivity index is 2.73. The van der Waals surface area contributed by atoms with Gasteiger partial charge in [0.25, 0.3) is 0 Å². The maximum absolute atomic E-state index is 13.1. The Hall–Kier alpha value is -1.31. The summed E-state index contributed by atoms with van der Waals surface area (Å²) in [7, 11) is 0. The normalized spacial score (nSPS) is 21.6. The van der Waals surface area contributed by atoms with Crippen LogP contribution in [0.15, 0.2) is 0 Å². The van der Waals surface area contributed by atoms with Crippen molar-refractivity contribution in [3.63, 3.8) is 0 Å². The summed E-state index contributed by atoms with van der Waals surface area (Å²) in [5.74, 6) is -4.28. The zero-order chi connectivity index (χ0) is 20.1. The number of carboxylic acids is 1. The van der Waals surface area contributed by atoms with Gasteiger partial charge in [-0.15, -0.1) is 0 Å². The fourth-order valence-corrected chi connectivity index (χ4v) is 3.08. The third-order valence-electron chi connectivity index (χ3n) is 4.80. The largest absolute Gasteiger partial charge is 0.481 e. The molecular weight excluding hydrogens is 349 g/mol. The molecule has 1 aliphatic rings. The number of nitrogens with zero attached hydrogens (tertiary/aromatic N) is 2. The lowest BCUT2D eigenvalue weighted by Gasteiger charge is -2.27. The molecule has 0 spiro atoms. The SMILES string of the molecule is CC(C)CCN(CCC(C)C)C(=O)CN1C[C@@H](C(F)(F)F)[C@H](C(=O)O)C1. The number of hydrogen-bond acceptors (Lipinski definition) is 3. The van der Waals surface area contributed by atoms with Gasteiger partial charge in [-0.1, -0.05) is 27.7 Å². The van der Waals surface area contributed by atoms with Gasteiger partial charge < -0.3 is 10.0 Å². The molecule has 2 atom stereocenters. The van der Waals surface area contributed by atoms with E-state index in [1.54, 1.807) is 4.90 Å². The van der Waals surface area contributed by atoms with Crippen LogP contribution in [0.1, 0.15) is 40.5 Å². The zero-order valence-corrected chi connectivity index (χ0v) is 16.1. The summed E-state index contributed by atoms with van der Waals surface area (Å²) < 4.78 is 39.2. The molecule has 1 heterocycles. The Kier molecular flexibility index (Phi) is 8.37. The lowest BCUT2D eigenvalue weighted by atomic mass is 9.96. The standard InChI is InChI=1S/C18H31F3N2O3/c1-12(2)5-7-23(8-6-13(3)4)16(24)11-22-9-14(17(25)26)15(10-22)18(19,20)21/h12-15H,5-11H2,1-4H3,(H,25,26)/t14-,15-/m1/s1. The van der Waals surface area contributed by atoms with Crippen LogP contribution in [0, 0.1) is 23.7 Å². The van der Waals surface area contributed by atoms with Crippen LogP contribution in [0.2, 0.25) is 0 Å². The number of likely N-dealkylation sites (tertiary alicyclic amines) is 1. The summed E-state index contributed by atoms with van der Waals surface area (Å²) in [5.41, 5.74) is 0. The summed E-state index contributed by atoms with van der Waals surface area (Å²) in [4.78, 5) is 26.8. The zero-order valence-electron chi connectivity index (χ0n) is 16.1. The van der Waals surface area contributed by atoms with E-state index in [2.05, 4.69) is 27.7 Å². The number of alkyl halides is 3. The first-order valence-corrected chi connectivity index (χ1v) is 9.21. The van der Waals surface area contributed by atoms with E-state index in [1.807, 2.05) is 0 Å². The summed E-state index contributed by atoms with van der Waals surface area (Å²) in [5, 5.41) is 9.08. The van der Waals surface area contributed by atoms with Crippen LogP contribution in [0.25, 0.3) is 0 Å². The first kappa shape index (κ1) is 22.7. The maximum atomic E-state index is 13.1. The highest BCUT2D eigenvalue weighted by Crippen LogP contribution is 2.37. The summed E-state index contributed by atoms with van der Waals surface area (Å²) in [6, 6.07) is 0. The van der Waals surface area contributed by atoms with Gasteiger partial charge >= 0.3 is 12.1 Å². The number of carbonyl (C=O) groups is 2. The number of carboxylic acid groups (broad SMARTS) is 1. The van der Waals surface area contributed by atoms with E-state index >= 15 is 0 Å². The van der Waals surface area contributed by atoms with Gasteiger partial charge in [-0.25, -0.2) is 0 Å². The molecule has 0 aromatic rings. The molecule has 0 aromatic carbocycles. The van der Waals surface area contributed by atoms with E-state index < -0.39 is 30.5 Å². The second-order valence-electron chi connectivity index (χ2n) is 8.03. The van der Waals surface area contributed by atoms with Crippen molar-refractivity contribution in [2.45, 2.75) is 46.7 Å². The number of rotatable bonds is 9. The van der Waals surface area contributed by atoms with Crippen LogP contribution >= 0.6 is 0 Å². The fraction of sp³-hybridized carbons (Fsp3) is 0.889. The number of halogens is 3. The monoisotopic (exact) mass is 380 g/mol. The summed E-state index contributed by atoms with van der Waals surface area (Å²) in [6.45, 7) is 8.51. The Bertz CT molecular complexity index is 469. The minimum Gasteiger partial charge on any atom is -0.481 e. The van der Waals surface area contributed by atoms with Gasteiger partial charge in [0.2, 0.25) is 5.91 Å². The second kappa shape index (κ2) is 9.58. The predicted octanol–water partition coefficient (Wildman–Crippen LogP) is 3.10. The van der Waals surface area contributed by atoms with E-state index in [1.165, 1.54) is 4.90 Å². The molecule has 0 bridgehead atoms. The van der Waals surface area contributed by atoms with Crippen LogP contribution in [-0.4, -0.2) is 65.7 Å². The van der Waals surface area contributed by atoms with Gasteiger partial charge in [0, 0.05) is 26.2 Å². The van der Waals surface area contributed by atoms with Crippen LogP contribution in [-0.2, 0) is 9.59 Å². The smallest absolute Gasteiger partial charge is 0.393 e. The number of hydrogen-bond donors (Lipinski definition) is 1. The lowest BCUT2D eigenvalue weighted by molar-refractivity contribution is -0.188. The van der Waals surface area contributed by atoms with Gasteiger partial charge in [0.05, 0.1) is 18.4 Å². The lowest BCUT2D eigenvalue weighted by Crippen LogP contribution is -2.41. The Morgan fingerprint density at radius 3 is 1.92 bits per heavy atom. The van der Waals surface area contributed by atoms with Crippen LogP contribution in [0.3, 0.4) is 0 Å². The van der Waals surface area contributed by atoms with E-state index in [0.717, 1.165) is 12.8 Å². The highest BCUT2D eigenvalue weighted by molar-refractivity contribution is 5.78. The molecule has 1 aliphatic heterocycles. The Labute approximate surface area is 153 Å². The van der Waals surface area contributed by atoms with Crippen LogP contribution in [0.4, 0.5) is 13.2 Å². The highest BCUT2D eigenvalue weighted by atomic mass is 19.4. The number of amides is 1. The minimum atomic E-state index is -4.57. The molecule has 152 valence electrons. The fourth-order valence-electron chi connectivity index (χ4n) is 3.08. The molecule has 8 heteroatoms. The third kappa shape index (κ3) is 7.13. The van der Waals surface area contributed by atoms with Crippen molar-refractivity contribution >= 4 is 11.9 Å². The molecular formula is C18H31F3N2O3. The van der Waals surface area contributed by atoms with E-state index in [9.17, 15) is 22.8 Å². The molecule has 0 aliphatic carbocycles. The number of aliphatic carboxylic acids is 1. The Morgan fingerprint density at radius 2 is 1.58 bits per heavy atom. The average molecular weight is 380 g/mol. The molecule has 5 nitrogen and oxygen atoms in total. The molecule has 1 saturated heterocycles. The molecule has 1 fully saturated rings. The van der Waals surface area contributed by atoms with Crippen LogP contribution < -0.4 is 0 Å². The van der Waals surface area contributed by atoms with Crippen molar-refractivity contribution in [3.05, 3.63) is 0 Å². The molecule has 0 saturated carbocycles. The summed E-state index contributed by atoms with van der Waals surface area (Å²) >= 11 is 0. The second-order valence-corrected chi connectivity index (χ2v) is 8.03. The quantitative estimate of drug-likeness (QED) is 0.668. The minimum absolute atomic E-state index is 0.160. The summed E-state index contributed by atoms with van der Waals surface area (Å²) in [6.07, 6.45) is -2.92. The van der Waals surface area contributed by atoms with Gasteiger partial charge in [-0.2, -0.15) is 13.2 Å². The third-order valence-corrected chi connectivity index (χ3v) is 4.80. The van der Waals surface area contributed by atoms with Crippen molar-refractivity contribution in [1.29, 1.82) is 0 Å². The molecule has 0 radical (unpaired) electrons. The molecule has 1 rings (SSSR count). The van der Waals surface area contributed by atoms with Crippen LogP contribution in [0.5, 0.6) is 0 Å². The molecule has 1 amide bonds. The number of carbonyl (C=O) groups excluding carboxylic acids is 1. The van der Waals surface area contributed by atoms with E-state index in [0.29, 0.717) is 24.9 Å². The maximum Gasteiger partial charge on any atom is 0.393 e.